The van der Waals surface area contributed by atoms with Crippen LogP contribution in [0.2, 0.25) is 10.0 Å². The van der Waals surface area contributed by atoms with Crippen molar-refractivity contribution in [1.82, 2.24) is 10.4 Å². The van der Waals surface area contributed by atoms with Gasteiger partial charge in [0.05, 0.1) is 28.4 Å². The molecule has 0 saturated carbocycles. The van der Waals surface area contributed by atoms with Gasteiger partial charge < -0.3 is 19.2 Å². The van der Waals surface area contributed by atoms with Crippen LogP contribution in [0, 0.1) is 0 Å². The van der Waals surface area contributed by atoms with E-state index in [2.05, 4.69) is 47.4 Å². The van der Waals surface area contributed by atoms with E-state index in [1.165, 1.54) is 38.4 Å². The van der Waals surface area contributed by atoms with E-state index >= 15 is 0 Å². The summed E-state index contributed by atoms with van der Waals surface area (Å²) in [5.41, 5.74) is 5.21. The maximum atomic E-state index is 13.5. The van der Waals surface area contributed by atoms with E-state index in [9.17, 15) is 14.4 Å². The van der Waals surface area contributed by atoms with Crippen LogP contribution in [0.4, 0.5) is 0 Å². The zero-order chi connectivity index (χ0) is 32.2. The fourth-order valence-electron chi connectivity index (χ4n) is 4.50. The average molecular weight is 774 g/mol. The molecule has 9 nitrogen and oxygen atoms in total. The first-order valence-electron chi connectivity index (χ1n) is 13.0. The first-order chi connectivity index (χ1) is 21.5. The Balaban J connectivity index is 1.43. The molecule has 0 unspecified atom stereocenters. The number of ether oxygens (including phenoxy) is 3. The van der Waals surface area contributed by atoms with E-state index in [-0.39, 0.29) is 28.5 Å². The van der Waals surface area contributed by atoms with Crippen LogP contribution in [0.15, 0.2) is 86.8 Å². The highest BCUT2D eigenvalue weighted by atomic mass is 79.9. The minimum absolute atomic E-state index is 0.139. The molecule has 228 valence electrons. The van der Waals surface area contributed by atoms with Crippen LogP contribution in [-0.2, 0) is 4.79 Å². The fourth-order valence-corrected chi connectivity index (χ4v) is 6.42. The van der Waals surface area contributed by atoms with Crippen molar-refractivity contribution >= 4 is 90.0 Å². The molecule has 1 heterocycles. The van der Waals surface area contributed by atoms with Crippen molar-refractivity contribution in [3.8, 4) is 28.4 Å². The Kier molecular flexibility index (Phi) is 9.93. The van der Waals surface area contributed by atoms with Gasteiger partial charge in [-0.05, 0) is 64.0 Å². The first-order valence-corrected chi connectivity index (χ1v) is 15.4. The minimum Gasteiger partial charge on any atom is -0.493 e. The molecular formula is C32H21Br2Cl2N3O6. The number of nitrogens with one attached hydrogen (secondary N) is 2. The van der Waals surface area contributed by atoms with Crippen LogP contribution < -0.4 is 19.6 Å². The maximum Gasteiger partial charge on any atom is 0.343 e. The number of methoxy groups -OCH3 is 1. The first kappa shape index (κ1) is 32.2. The lowest BCUT2D eigenvalue weighted by atomic mass is 10.0. The molecule has 0 spiro atoms. The quantitative estimate of drug-likeness (QED) is 0.0706. The molecule has 1 aromatic heterocycles. The third kappa shape index (κ3) is 7.23. The van der Waals surface area contributed by atoms with E-state index in [0.717, 1.165) is 5.56 Å². The predicted octanol–water partition coefficient (Wildman–Crippen LogP) is 8.58. The molecule has 4 aromatic carbocycles. The highest BCUT2D eigenvalue weighted by Gasteiger charge is 2.22. The number of benzene rings is 4. The number of carbonyl (C=O) groups excluding carboxylic acids is 3. The third-order valence-corrected chi connectivity index (χ3v) is 7.92. The van der Waals surface area contributed by atoms with Crippen molar-refractivity contribution in [3.05, 3.63) is 109 Å². The summed E-state index contributed by atoms with van der Waals surface area (Å²) in [4.78, 5) is 41.1. The van der Waals surface area contributed by atoms with Crippen molar-refractivity contribution in [3.63, 3.8) is 0 Å². The molecule has 45 heavy (non-hydrogen) atoms. The van der Waals surface area contributed by atoms with Crippen LogP contribution in [0.3, 0.4) is 0 Å². The number of nitrogens with zero attached hydrogens (tertiary/aromatic N) is 1. The second-order valence-corrected chi connectivity index (χ2v) is 12.0. The van der Waals surface area contributed by atoms with Gasteiger partial charge in [0.25, 0.3) is 5.91 Å². The molecule has 0 aliphatic carbocycles. The van der Waals surface area contributed by atoms with Gasteiger partial charge in [-0.2, -0.15) is 5.10 Å². The molecule has 0 bridgehead atoms. The number of hydrogen-bond donors (Lipinski definition) is 2. The number of aromatic nitrogens is 1. The van der Waals surface area contributed by atoms with Crippen LogP contribution in [0.25, 0.3) is 22.0 Å². The summed E-state index contributed by atoms with van der Waals surface area (Å²) in [7, 11) is 1.38. The van der Waals surface area contributed by atoms with Gasteiger partial charge in [-0.15, -0.1) is 0 Å². The molecule has 0 fully saturated rings. The highest BCUT2D eigenvalue weighted by molar-refractivity contribution is 9.11. The van der Waals surface area contributed by atoms with Crippen molar-refractivity contribution in [1.29, 1.82) is 0 Å². The summed E-state index contributed by atoms with van der Waals surface area (Å²) in [5, 5.41) is 5.59. The number of esters is 2. The van der Waals surface area contributed by atoms with E-state index < -0.39 is 17.8 Å². The minimum atomic E-state index is -0.717. The number of amides is 1. The van der Waals surface area contributed by atoms with Gasteiger partial charge in [-0.1, -0.05) is 69.5 Å². The summed E-state index contributed by atoms with van der Waals surface area (Å²) >= 11 is 19.6. The molecule has 0 aliphatic rings. The van der Waals surface area contributed by atoms with E-state index in [1.807, 2.05) is 30.3 Å². The van der Waals surface area contributed by atoms with E-state index in [4.69, 9.17) is 37.4 Å². The van der Waals surface area contributed by atoms with Crippen LogP contribution >= 0.6 is 55.1 Å². The summed E-state index contributed by atoms with van der Waals surface area (Å²) < 4.78 is 17.2. The van der Waals surface area contributed by atoms with E-state index in [0.29, 0.717) is 41.0 Å². The molecule has 2 N–H and O–H groups in total. The summed E-state index contributed by atoms with van der Waals surface area (Å²) in [6.45, 7) is 1.26. The second-order valence-electron chi connectivity index (χ2n) is 9.41. The number of aromatic amines is 1. The lowest BCUT2D eigenvalue weighted by Gasteiger charge is -2.12. The Hall–Kier alpha value is -4.16. The van der Waals surface area contributed by atoms with Crippen molar-refractivity contribution in [2.24, 2.45) is 5.10 Å². The van der Waals surface area contributed by atoms with Crippen LogP contribution in [-0.4, -0.2) is 36.2 Å². The van der Waals surface area contributed by atoms with Gasteiger partial charge in [-0.25, -0.2) is 10.2 Å². The number of H-pyrrole nitrogens is 1. The van der Waals surface area contributed by atoms with Gasteiger partial charge in [0, 0.05) is 38.4 Å². The average Bonchev–Trinajstić information content (AvgIpc) is 3.39. The van der Waals surface area contributed by atoms with Crippen molar-refractivity contribution in [2.75, 3.05) is 7.11 Å². The molecule has 13 heteroatoms. The zero-order valence-electron chi connectivity index (χ0n) is 23.4. The lowest BCUT2D eigenvalue weighted by molar-refractivity contribution is -0.132. The highest BCUT2D eigenvalue weighted by Crippen LogP contribution is 2.39. The Morgan fingerprint density at radius 2 is 1.69 bits per heavy atom. The Bertz CT molecular complexity index is 2000. The lowest BCUT2D eigenvalue weighted by Crippen LogP contribution is -2.19. The van der Waals surface area contributed by atoms with Crippen LogP contribution in [0.1, 0.15) is 33.3 Å². The Labute approximate surface area is 283 Å². The van der Waals surface area contributed by atoms with Gasteiger partial charge in [0.1, 0.15) is 5.69 Å². The second kappa shape index (κ2) is 13.9. The van der Waals surface area contributed by atoms with Crippen molar-refractivity contribution in [2.45, 2.75) is 6.92 Å². The topological polar surface area (TPSA) is 119 Å². The molecule has 5 rings (SSSR count). The molecular weight excluding hydrogens is 753 g/mol. The zero-order valence-corrected chi connectivity index (χ0v) is 28.1. The van der Waals surface area contributed by atoms with Gasteiger partial charge in [0.15, 0.2) is 17.2 Å². The van der Waals surface area contributed by atoms with Gasteiger partial charge in [0.2, 0.25) is 0 Å². The fraction of sp³-hybridized carbons (Fsp3) is 0.0625. The number of halogens is 4. The molecule has 1 amide bonds. The number of hydrazone groups is 1. The SMILES string of the molecule is COc1cc(C(=O)Oc2c(Br)cc(Br)cc2C=NNC(=O)c2[nH]c3cc(Cl)cc(Cl)c3c2-c2ccccc2)ccc1OC(C)=O. The van der Waals surface area contributed by atoms with E-state index in [1.54, 1.807) is 24.3 Å². The van der Waals surface area contributed by atoms with Crippen molar-refractivity contribution < 1.29 is 28.6 Å². The summed E-state index contributed by atoms with van der Waals surface area (Å²) in [6.07, 6.45) is 1.34. The molecule has 0 aliphatic heterocycles. The number of rotatable bonds is 8. The third-order valence-electron chi connectivity index (χ3n) is 6.36. The molecule has 0 radical (unpaired) electrons. The molecule has 0 atom stereocenters. The summed E-state index contributed by atoms with van der Waals surface area (Å²) in [6, 6.07) is 20.2. The largest absolute Gasteiger partial charge is 0.493 e. The number of fused-ring (bicyclic) bond motifs is 1. The van der Waals surface area contributed by atoms with Gasteiger partial charge in [-0.3, -0.25) is 9.59 Å². The standard InChI is InChI=1S/C32H21Br2Cl2N3O6/c1-16(40)44-25-9-8-18(11-26(25)43-2)32(42)45-30-19(10-20(33)12-22(30)34)15-37-39-31(41)29-27(17-6-4-3-5-7-17)28-23(36)13-21(35)14-24(28)38-29/h3-15,38H,1-2H3,(H,39,41). The Morgan fingerprint density at radius 1 is 0.933 bits per heavy atom. The number of hydrogen-bond acceptors (Lipinski definition) is 7. The Morgan fingerprint density at radius 3 is 2.40 bits per heavy atom. The summed E-state index contributed by atoms with van der Waals surface area (Å²) in [5.74, 6) is -1.32. The predicted molar refractivity (Wildman–Crippen MR) is 180 cm³/mol. The normalized spacial score (nSPS) is 11.1. The monoisotopic (exact) mass is 771 g/mol. The smallest absolute Gasteiger partial charge is 0.343 e. The van der Waals surface area contributed by atoms with Gasteiger partial charge >= 0.3 is 11.9 Å². The molecule has 0 saturated heterocycles. The maximum absolute atomic E-state index is 13.5. The van der Waals surface area contributed by atoms with Crippen LogP contribution in [0.5, 0.6) is 17.2 Å². The molecule has 5 aromatic rings. The number of carbonyl (C=O) groups is 3.